The zero-order chi connectivity index (χ0) is 30.4. The average molecular weight is 854 g/mol. The first-order valence-electron chi connectivity index (χ1n) is 12.6. The van der Waals surface area contributed by atoms with E-state index in [-0.39, 0.29) is 74.7 Å². The third kappa shape index (κ3) is 16.1. The Hall–Kier alpha value is -2.23. The van der Waals surface area contributed by atoms with E-state index in [2.05, 4.69) is 33.9 Å². The molecule has 0 aliphatic rings. The molecule has 0 aliphatic heterocycles. The molecule has 0 bridgehead atoms. The Morgan fingerprint density at radius 2 is 1.59 bits per heavy atom. The fourth-order valence-corrected chi connectivity index (χ4v) is 3.16. The number of thiol groups is 1. The molecule has 0 aromatic heterocycles. The second-order valence-electron chi connectivity index (χ2n) is 8.64. The van der Waals surface area contributed by atoms with Gasteiger partial charge in [-0.05, 0) is 38.0 Å². The van der Waals surface area contributed by atoms with Gasteiger partial charge in [0, 0.05) is 62.5 Å². The zero-order valence-electron chi connectivity index (χ0n) is 24.1. The van der Waals surface area contributed by atoms with Crippen LogP contribution in [-0.2, 0) is 58.5 Å². The predicted molar refractivity (Wildman–Crippen MR) is 144 cm³/mol. The normalized spacial score (nSPS) is 13.9. The number of carbonyl (C=O) groups is 6. The Bertz CT molecular complexity index is 1100. The molecule has 12 nitrogen and oxygen atoms in total. The molecule has 4 N–H and O–H groups in total. The molecule has 0 saturated heterocycles. The summed E-state index contributed by atoms with van der Waals surface area (Å²) in [6, 6.07) is 2.03. The summed E-state index contributed by atoms with van der Waals surface area (Å²) in [6.07, 6.45) is 1.56. The van der Waals surface area contributed by atoms with Crippen molar-refractivity contribution in [3.05, 3.63) is 36.2 Å². The van der Waals surface area contributed by atoms with Gasteiger partial charge in [-0.3, -0.25) is 19.2 Å². The fraction of sp³-hybridized carbons (Fsp3) is 0.462. The summed E-state index contributed by atoms with van der Waals surface area (Å²) < 4.78 is 12.4. The Labute approximate surface area is 282 Å². The molecule has 5 unspecified atom stereocenters. The molecule has 1 rings (SSSR count). The smallest absolute Gasteiger partial charge is 0.311 e. The molecule has 15 heteroatoms. The van der Waals surface area contributed by atoms with Crippen LogP contribution in [0.5, 0.6) is 5.75 Å². The van der Waals surface area contributed by atoms with E-state index in [0.717, 1.165) is 0 Å². The summed E-state index contributed by atoms with van der Waals surface area (Å²) >= 11 is 4.01. The molecule has 5 atom stereocenters. The van der Waals surface area contributed by atoms with Gasteiger partial charge in [-0.25, -0.2) is 6.29 Å². The largest absolute Gasteiger partial charge is 0.540 e. The van der Waals surface area contributed by atoms with Crippen molar-refractivity contribution >= 4 is 54.8 Å². The van der Waals surface area contributed by atoms with Crippen molar-refractivity contribution in [2.75, 3.05) is 0 Å². The van der Waals surface area contributed by atoms with Crippen LogP contribution in [0.4, 0.5) is 0 Å². The number of amides is 4. The summed E-state index contributed by atoms with van der Waals surface area (Å²) in [6.45, 7) is 5.77. The van der Waals surface area contributed by atoms with E-state index in [1.54, 1.807) is 18.4 Å². The number of hydrogen-bond acceptors (Lipinski definition) is 9. The van der Waals surface area contributed by atoms with Gasteiger partial charge < -0.3 is 46.8 Å². The first-order chi connectivity index (χ1) is 18.8. The first kappa shape index (κ1) is 38.8. The third-order valence-electron chi connectivity index (χ3n) is 5.21. The van der Waals surface area contributed by atoms with Crippen LogP contribution in [0.2, 0.25) is 0 Å². The standard InChI is InChI=1S/C26H34N4O8S.U.V/c1-5-22(33)29-21(26(37)28-16(3)14-32)12-18-6-8-19(9-7-18)38-23(34)11-10-20(30-24(35)17(4)39)25(36)27-15(2)13-31;;/h5-9,13,15-17,20-21,39H,10-12H2,1-4H3,(H,27,36)(H,28,37)(H,29,33)(H,30,35);;/q-2;;/i13T;;. The van der Waals surface area contributed by atoms with Crippen molar-refractivity contribution in [2.24, 2.45) is 0 Å². The predicted octanol–water partition coefficient (Wildman–Crippen LogP) is -0.258. The van der Waals surface area contributed by atoms with Crippen molar-refractivity contribution in [1.82, 2.24) is 21.3 Å². The topological polar surface area (TPSA) is 177 Å². The molecule has 0 saturated carbocycles. The molecule has 4 amide bonds. The maximum absolute atomic E-state index is 12.5. The molecule has 223 valence electrons. The minimum atomic E-state index is -1.17. The van der Waals surface area contributed by atoms with Crippen molar-refractivity contribution in [3.8, 4) is 5.75 Å². The number of nitrogens with one attached hydrogen (secondary N) is 4. The molecule has 1 aromatic carbocycles. The van der Waals surface area contributed by atoms with Gasteiger partial charge in [-0.2, -0.15) is 19.6 Å². The summed E-state index contributed by atoms with van der Waals surface area (Å²) in [5.74, 6) is -2.87. The minimum Gasteiger partial charge on any atom is -0.540 e. The summed E-state index contributed by atoms with van der Waals surface area (Å²) in [4.78, 5) is 83.2. The molecule has 0 aliphatic carbocycles. The van der Waals surface area contributed by atoms with E-state index in [4.69, 9.17) is 6.11 Å². The quantitative estimate of drug-likeness (QED) is 0.0498. The Balaban J connectivity index is 0. The van der Waals surface area contributed by atoms with Crippen LogP contribution in [-0.4, -0.2) is 71.6 Å². The van der Waals surface area contributed by atoms with E-state index in [9.17, 15) is 33.6 Å². The fourth-order valence-electron chi connectivity index (χ4n) is 3.09. The van der Waals surface area contributed by atoms with Crippen molar-refractivity contribution in [3.63, 3.8) is 0 Å². The first-order valence-corrected chi connectivity index (χ1v) is 12.7. The maximum Gasteiger partial charge on any atom is 0.311 e. The Kier molecular flexibility index (Phi) is 20.3. The molecule has 1 radical (unpaired) electrons. The van der Waals surface area contributed by atoms with Crippen LogP contribution in [0.3, 0.4) is 0 Å². The second-order valence-corrected chi connectivity index (χ2v) is 9.42. The van der Waals surface area contributed by atoms with Gasteiger partial charge in [-0.1, -0.05) is 25.1 Å². The van der Waals surface area contributed by atoms with Crippen molar-refractivity contribution in [2.45, 2.75) is 76.4 Å². The van der Waals surface area contributed by atoms with Gasteiger partial charge >= 0.3 is 5.97 Å². The van der Waals surface area contributed by atoms with Crippen LogP contribution < -0.4 is 26.0 Å². The van der Waals surface area contributed by atoms with Crippen molar-refractivity contribution in [1.29, 1.82) is 0 Å². The number of carbonyl (C=O) groups excluding carboxylic acids is 7. The molecule has 41 heavy (non-hydrogen) atoms. The summed E-state index contributed by atoms with van der Waals surface area (Å²) in [7, 11) is 0. The number of esters is 1. The van der Waals surface area contributed by atoms with Crippen LogP contribution >= 0.6 is 12.6 Å². The monoisotopic (exact) mass is 853 g/mol. The number of aldehydes is 1. The van der Waals surface area contributed by atoms with Gasteiger partial charge in [0.15, 0.2) is 0 Å². The average Bonchev–Trinajstić information content (AvgIpc) is 2.90. The number of hydrogen-bond donors (Lipinski definition) is 5. The van der Waals surface area contributed by atoms with E-state index in [1.165, 1.54) is 46.2 Å². The van der Waals surface area contributed by atoms with E-state index in [1.807, 2.05) is 0 Å². The number of ether oxygens (including phenoxy) is 1. The van der Waals surface area contributed by atoms with Crippen LogP contribution in [0.1, 0.15) is 47.5 Å². The van der Waals surface area contributed by atoms with Crippen LogP contribution in [0.15, 0.2) is 24.3 Å². The minimum absolute atomic E-state index is 0. The van der Waals surface area contributed by atoms with E-state index in [0.29, 0.717) is 5.56 Å². The Morgan fingerprint density at radius 3 is 2.10 bits per heavy atom. The van der Waals surface area contributed by atoms with Gasteiger partial charge in [0.25, 0.3) is 0 Å². The van der Waals surface area contributed by atoms with Crippen LogP contribution in [0, 0.1) is 37.5 Å². The molecule has 0 heterocycles. The summed E-state index contributed by atoms with van der Waals surface area (Å²) in [5.41, 5.74) is 0.623. The number of benzene rings is 1. The molecule has 1 aromatic rings. The Morgan fingerprint density at radius 1 is 1.00 bits per heavy atom. The number of rotatable bonds is 16. The van der Waals surface area contributed by atoms with Gasteiger partial charge in [0.05, 0.1) is 17.2 Å². The van der Waals surface area contributed by atoms with Gasteiger partial charge in [0.1, 0.15) is 25.5 Å². The molecular formula is C26H34N4O8SUV-2. The third-order valence-corrected chi connectivity index (χ3v) is 5.45. The molecule has 0 spiro atoms. The van der Waals surface area contributed by atoms with Gasteiger partial charge in [-0.15, -0.1) is 0 Å². The molecule has 0 fully saturated rings. The van der Waals surface area contributed by atoms with Gasteiger partial charge in [0.2, 0.25) is 17.7 Å². The SMILES string of the molecule is [3H]C(=O)C(C)NC(=O)C(CCC(=O)Oc1ccc(CC(NC(=O)[CH-]C)C(=O)NC(C)[C-]=O)cc1)NC(=O)C(C)S.[U].[V]. The maximum atomic E-state index is 12.5. The van der Waals surface area contributed by atoms with E-state index < -0.39 is 65.3 Å². The molecular weight excluding hydrogens is 817 g/mol. The van der Waals surface area contributed by atoms with Crippen LogP contribution in [0.25, 0.3) is 0 Å². The van der Waals surface area contributed by atoms with Crippen molar-refractivity contribution < 1.29 is 89.3 Å². The summed E-state index contributed by atoms with van der Waals surface area (Å²) in [5, 5.41) is 9.02. The second kappa shape index (κ2) is 21.5. The van der Waals surface area contributed by atoms with E-state index >= 15 is 0 Å². The zero-order valence-corrected chi connectivity index (χ0v) is 29.5.